The van der Waals surface area contributed by atoms with Crippen LogP contribution in [0.4, 0.5) is 0 Å². The predicted octanol–water partition coefficient (Wildman–Crippen LogP) is 3.49. The van der Waals surface area contributed by atoms with E-state index < -0.39 is 0 Å². The van der Waals surface area contributed by atoms with Gasteiger partial charge >= 0.3 is 0 Å². The summed E-state index contributed by atoms with van der Waals surface area (Å²) in [6.07, 6.45) is 7.15. The smallest absolute Gasteiger partial charge is 0.213 e. The van der Waals surface area contributed by atoms with Gasteiger partial charge in [0.15, 0.2) is 0 Å². The third-order valence-corrected chi connectivity index (χ3v) is 4.80. The van der Waals surface area contributed by atoms with Gasteiger partial charge in [-0.2, -0.15) is 0 Å². The van der Waals surface area contributed by atoms with Crippen LogP contribution in [0, 0.1) is 3.57 Å². The molecular weight excluding hydrogens is 429 g/mol. The van der Waals surface area contributed by atoms with Gasteiger partial charge in [0.05, 0.1) is 37.2 Å². The standard InChI is InChI=1S/C18H16IN5O/c1-23-16-6-14(19)3-4-15(16)22-18(23)13-5-12(7-20-8-13)10-24-11-21-9-17(24)25-2/h3-9,11H,10H2,1-2H3. The molecule has 0 fully saturated rings. The summed E-state index contributed by atoms with van der Waals surface area (Å²) in [5.41, 5.74) is 4.16. The van der Waals surface area contributed by atoms with Gasteiger partial charge in [-0.05, 0) is 52.4 Å². The van der Waals surface area contributed by atoms with Crippen LogP contribution in [0.2, 0.25) is 0 Å². The molecule has 0 aliphatic rings. The lowest BCUT2D eigenvalue weighted by molar-refractivity contribution is 0.377. The number of halogens is 1. The van der Waals surface area contributed by atoms with E-state index in [0.717, 1.165) is 33.9 Å². The van der Waals surface area contributed by atoms with Crippen molar-refractivity contribution in [1.29, 1.82) is 0 Å². The van der Waals surface area contributed by atoms with E-state index >= 15 is 0 Å². The lowest BCUT2D eigenvalue weighted by Crippen LogP contribution is -2.02. The molecule has 0 aliphatic carbocycles. The Bertz CT molecular complexity index is 1050. The van der Waals surface area contributed by atoms with Crippen molar-refractivity contribution in [3.05, 3.63) is 58.3 Å². The molecule has 0 unspecified atom stereocenters. The summed E-state index contributed by atoms with van der Waals surface area (Å²) < 4.78 is 10.5. The fraction of sp³-hybridized carbons (Fsp3) is 0.167. The van der Waals surface area contributed by atoms with Crippen molar-refractivity contribution >= 4 is 33.6 Å². The highest BCUT2D eigenvalue weighted by molar-refractivity contribution is 14.1. The predicted molar refractivity (Wildman–Crippen MR) is 105 cm³/mol. The average Bonchev–Trinajstić information content (AvgIpc) is 3.20. The Morgan fingerprint density at radius 2 is 2.00 bits per heavy atom. The Labute approximate surface area is 158 Å². The minimum Gasteiger partial charge on any atom is -0.481 e. The number of methoxy groups -OCH3 is 1. The second-order valence-corrected chi connectivity index (χ2v) is 7.02. The number of hydrogen-bond acceptors (Lipinski definition) is 4. The molecular formula is C18H16IN5O. The van der Waals surface area contributed by atoms with Crippen LogP contribution in [-0.4, -0.2) is 31.2 Å². The average molecular weight is 445 g/mol. The Morgan fingerprint density at radius 1 is 1.12 bits per heavy atom. The minimum atomic E-state index is 0.645. The molecule has 0 radical (unpaired) electrons. The van der Waals surface area contributed by atoms with E-state index in [1.54, 1.807) is 19.6 Å². The largest absolute Gasteiger partial charge is 0.481 e. The lowest BCUT2D eigenvalue weighted by Gasteiger charge is -2.08. The van der Waals surface area contributed by atoms with Crippen LogP contribution < -0.4 is 4.74 Å². The van der Waals surface area contributed by atoms with Crippen LogP contribution in [0.3, 0.4) is 0 Å². The topological polar surface area (TPSA) is 57.8 Å². The van der Waals surface area contributed by atoms with Crippen molar-refractivity contribution in [2.75, 3.05) is 7.11 Å². The number of aryl methyl sites for hydroxylation is 1. The molecule has 0 saturated carbocycles. The lowest BCUT2D eigenvalue weighted by atomic mass is 10.2. The zero-order valence-corrected chi connectivity index (χ0v) is 16.0. The maximum Gasteiger partial charge on any atom is 0.213 e. The summed E-state index contributed by atoms with van der Waals surface area (Å²) in [5.74, 6) is 1.63. The first-order valence-corrected chi connectivity index (χ1v) is 8.84. The summed E-state index contributed by atoms with van der Waals surface area (Å²) >= 11 is 2.32. The number of pyridine rings is 1. The van der Waals surface area contributed by atoms with Gasteiger partial charge in [-0.15, -0.1) is 0 Å². The van der Waals surface area contributed by atoms with Crippen molar-refractivity contribution in [2.45, 2.75) is 6.54 Å². The molecule has 3 aromatic heterocycles. The quantitative estimate of drug-likeness (QED) is 0.452. The molecule has 0 N–H and O–H groups in total. The summed E-state index contributed by atoms with van der Waals surface area (Å²) in [5, 5.41) is 0. The highest BCUT2D eigenvalue weighted by atomic mass is 127. The molecule has 7 heteroatoms. The summed E-state index contributed by atoms with van der Waals surface area (Å²) in [6.45, 7) is 0.645. The molecule has 0 atom stereocenters. The van der Waals surface area contributed by atoms with E-state index in [0.29, 0.717) is 6.54 Å². The summed E-state index contributed by atoms with van der Waals surface area (Å²) in [6, 6.07) is 8.37. The van der Waals surface area contributed by atoms with Gasteiger partial charge in [-0.25, -0.2) is 9.97 Å². The molecule has 4 rings (SSSR count). The number of imidazole rings is 2. The Balaban J connectivity index is 1.73. The number of benzene rings is 1. The third kappa shape index (κ3) is 2.99. The number of fused-ring (bicyclic) bond motifs is 1. The number of ether oxygens (including phenoxy) is 1. The van der Waals surface area contributed by atoms with E-state index in [4.69, 9.17) is 9.72 Å². The highest BCUT2D eigenvalue weighted by Crippen LogP contribution is 2.25. The van der Waals surface area contributed by atoms with E-state index in [1.807, 2.05) is 30.1 Å². The Kier molecular flexibility index (Phi) is 4.16. The zero-order valence-electron chi connectivity index (χ0n) is 13.8. The fourth-order valence-electron chi connectivity index (χ4n) is 2.91. The maximum absolute atomic E-state index is 5.31. The van der Waals surface area contributed by atoms with Gasteiger partial charge in [-0.3, -0.25) is 9.55 Å². The number of rotatable bonds is 4. The molecule has 1 aromatic carbocycles. The molecule has 3 heterocycles. The van der Waals surface area contributed by atoms with Crippen LogP contribution in [0.5, 0.6) is 5.88 Å². The van der Waals surface area contributed by atoms with E-state index in [9.17, 15) is 0 Å². The number of aromatic nitrogens is 5. The Morgan fingerprint density at radius 3 is 2.84 bits per heavy atom. The first-order chi connectivity index (χ1) is 12.2. The molecule has 0 bridgehead atoms. The second kappa shape index (κ2) is 6.47. The summed E-state index contributed by atoms with van der Waals surface area (Å²) in [7, 11) is 3.68. The molecule has 25 heavy (non-hydrogen) atoms. The SMILES string of the molecule is COc1cncn1Cc1cncc(-c2nc3ccc(I)cc3n2C)c1. The van der Waals surface area contributed by atoms with E-state index in [2.05, 4.69) is 55.3 Å². The normalized spacial score (nSPS) is 11.2. The number of nitrogens with zero attached hydrogens (tertiary/aromatic N) is 5. The second-order valence-electron chi connectivity index (χ2n) is 5.77. The van der Waals surface area contributed by atoms with Crippen molar-refractivity contribution in [3.8, 4) is 17.3 Å². The van der Waals surface area contributed by atoms with Crippen molar-refractivity contribution in [1.82, 2.24) is 24.1 Å². The van der Waals surface area contributed by atoms with Crippen molar-refractivity contribution in [3.63, 3.8) is 0 Å². The van der Waals surface area contributed by atoms with Gasteiger partial charge in [0.25, 0.3) is 0 Å². The van der Waals surface area contributed by atoms with E-state index in [-0.39, 0.29) is 0 Å². The third-order valence-electron chi connectivity index (χ3n) is 4.13. The van der Waals surface area contributed by atoms with Gasteiger partial charge in [-0.1, -0.05) is 0 Å². The van der Waals surface area contributed by atoms with Crippen molar-refractivity contribution < 1.29 is 4.74 Å². The van der Waals surface area contributed by atoms with Crippen LogP contribution in [-0.2, 0) is 13.6 Å². The summed E-state index contributed by atoms with van der Waals surface area (Å²) in [4.78, 5) is 13.3. The molecule has 126 valence electrons. The van der Waals surface area contributed by atoms with E-state index in [1.165, 1.54) is 3.57 Å². The molecule has 0 amide bonds. The van der Waals surface area contributed by atoms with Crippen LogP contribution in [0.1, 0.15) is 5.56 Å². The monoisotopic (exact) mass is 445 g/mol. The maximum atomic E-state index is 5.31. The van der Waals surface area contributed by atoms with Gasteiger partial charge in [0.2, 0.25) is 5.88 Å². The highest BCUT2D eigenvalue weighted by Gasteiger charge is 2.12. The van der Waals surface area contributed by atoms with Gasteiger partial charge in [0.1, 0.15) is 5.82 Å². The molecule has 0 spiro atoms. The van der Waals surface area contributed by atoms with Gasteiger partial charge in [0, 0.05) is 28.6 Å². The molecule has 0 aliphatic heterocycles. The number of hydrogen-bond donors (Lipinski definition) is 0. The minimum absolute atomic E-state index is 0.645. The van der Waals surface area contributed by atoms with Crippen molar-refractivity contribution in [2.24, 2.45) is 7.05 Å². The van der Waals surface area contributed by atoms with Crippen LogP contribution >= 0.6 is 22.6 Å². The van der Waals surface area contributed by atoms with Crippen LogP contribution in [0.25, 0.3) is 22.4 Å². The van der Waals surface area contributed by atoms with Gasteiger partial charge < -0.3 is 9.30 Å². The van der Waals surface area contributed by atoms with Crippen LogP contribution in [0.15, 0.2) is 49.2 Å². The zero-order chi connectivity index (χ0) is 17.4. The molecule has 0 saturated heterocycles. The molecule has 4 aromatic rings. The first-order valence-electron chi connectivity index (χ1n) is 7.76. The molecule has 6 nitrogen and oxygen atoms in total. The first kappa shape index (κ1) is 16.1. The fourth-order valence-corrected chi connectivity index (χ4v) is 3.39. The Hall–Kier alpha value is -2.42.